The van der Waals surface area contributed by atoms with Crippen LogP contribution in [0, 0.1) is 0 Å². The largest absolute Gasteiger partial charge is 0.325 e. The van der Waals surface area contributed by atoms with Crippen molar-refractivity contribution in [2.24, 2.45) is 0 Å². The molecule has 0 N–H and O–H groups in total. The summed E-state index contributed by atoms with van der Waals surface area (Å²) in [5, 5.41) is 0.794. The molecule has 0 aromatic heterocycles. The van der Waals surface area contributed by atoms with Gasteiger partial charge in [0.1, 0.15) is 6.54 Å². The van der Waals surface area contributed by atoms with E-state index < -0.39 is 0 Å². The predicted octanol–water partition coefficient (Wildman–Crippen LogP) is 10.1. The average molecular weight is 473 g/mol. The van der Waals surface area contributed by atoms with E-state index in [2.05, 4.69) is 51.4 Å². The highest BCUT2D eigenvalue weighted by molar-refractivity contribution is 6.30. The van der Waals surface area contributed by atoms with Crippen LogP contribution in [0.3, 0.4) is 0 Å². The molecule has 2 aromatic rings. The number of quaternary nitrogens is 1. The lowest BCUT2D eigenvalue weighted by atomic mass is 10.0. The molecule has 0 radical (unpaired) electrons. The molecule has 0 spiro atoms. The molecule has 1 nitrogen and oxygen atoms in total. The second-order valence-corrected chi connectivity index (χ2v) is 10.6. The lowest BCUT2D eigenvalue weighted by Crippen LogP contribution is -2.39. The number of hydrogen-bond donors (Lipinski definition) is 0. The number of unbranched alkanes of at least 4 members (excludes halogenated alkanes) is 13. The van der Waals surface area contributed by atoms with Crippen molar-refractivity contribution >= 4 is 11.6 Å². The van der Waals surface area contributed by atoms with Gasteiger partial charge < -0.3 is 4.48 Å². The molecule has 0 atom stereocenters. The monoisotopic (exact) mass is 472 g/mol. The topological polar surface area (TPSA) is 0 Å². The van der Waals surface area contributed by atoms with E-state index in [1.807, 2.05) is 30.3 Å². The van der Waals surface area contributed by atoms with Crippen molar-refractivity contribution in [2.45, 2.75) is 103 Å². The van der Waals surface area contributed by atoms with Gasteiger partial charge in [0.25, 0.3) is 0 Å². The molecular formula is C31H51ClN+. The third-order valence-electron chi connectivity index (χ3n) is 6.30. The standard InChI is InChI=1S/C25H46N.C6H5Cl/c1-4-5-6-7-8-9-10-11-12-13-14-15-16-20-23-26(2,3)24-25-21-18-17-19-22-25;7-6-4-2-1-3-5-6/h17-19,21-22H,4-16,20,23-24H2,1-3H3;1-5H/q+1;. The summed E-state index contributed by atoms with van der Waals surface area (Å²) in [5.74, 6) is 0. The van der Waals surface area contributed by atoms with Crippen LogP contribution in [0.5, 0.6) is 0 Å². The zero-order valence-corrected chi connectivity index (χ0v) is 22.7. The Bertz CT molecular complexity index is 653. The van der Waals surface area contributed by atoms with E-state index in [1.54, 1.807) is 0 Å². The van der Waals surface area contributed by atoms with Crippen LogP contribution in [-0.4, -0.2) is 25.1 Å². The average Bonchev–Trinajstić information content (AvgIpc) is 2.80. The fraction of sp³-hybridized carbons (Fsp3) is 0.613. The van der Waals surface area contributed by atoms with Gasteiger partial charge in [-0.3, -0.25) is 0 Å². The molecule has 0 aliphatic carbocycles. The minimum Gasteiger partial charge on any atom is -0.325 e. The first-order valence-corrected chi connectivity index (χ1v) is 14.0. The van der Waals surface area contributed by atoms with E-state index in [0.717, 1.165) is 16.1 Å². The molecule has 2 heteroatoms. The number of hydrogen-bond acceptors (Lipinski definition) is 0. The second-order valence-electron chi connectivity index (χ2n) is 10.2. The Morgan fingerprint density at radius 1 is 0.545 bits per heavy atom. The maximum absolute atomic E-state index is 5.54. The van der Waals surface area contributed by atoms with Crippen LogP contribution in [0.1, 0.15) is 102 Å². The Morgan fingerprint density at radius 3 is 1.33 bits per heavy atom. The van der Waals surface area contributed by atoms with Crippen LogP contribution >= 0.6 is 11.6 Å². The Labute approximate surface area is 211 Å². The summed E-state index contributed by atoms with van der Waals surface area (Å²) < 4.78 is 1.11. The maximum atomic E-state index is 5.54. The fourth-order valence-electron chi connectivity index (χ4n) is 4.31. The van der Waals surface area contributed by atoms with Gasteiger partial charge in [-0.05, 0) is 25.0 Å². The third-order valence-corrected chi connectivity index (χ3v) is 6.56. The maximum Gasteiger partial charge on any atom is 0.104 e. The van der Waals surface area contributed by atoms with Gasteiger partial charge in [-0.15, -0.1) is 0 Å². The quantitative estimate of drug-likeness (QED) is 0.158. The van der Waals surface area contributed by atoms with E-state index in [-0.39, 0.29) is 0 Å². The van der Waals surface area contributed by atoms with Crippen LogP contribution in [0.4, 0.5) is 0 Å². The van der Waals surface area contributed by atoms with Gasteiger partial charge in [0.15, 0.2) is 0 Å². The van der Waals surface area contributed by atoms with E-state index in [1.165, 1.54) is 102 Å². The Hall–Kier alpha value is -1.31. The van der Waals surface area contributed by atoms with Crippen LogP contribution in [0.15, 0.2) is 60.7 Å². The smallest absolute Gasteiger partial charge is 0.104 e. The number of benzene rings is 2. The Morgan fingerprint density at radius 2 is 0.939 bits per heavy atom. The molecule has 0 saturated heterocycles. The molecule has 33 heavy (non-hydrogen) atoms. The molecule has 0 saturated carbocycles. The molecule has 2 aromatic carbocycles. The summed E-state index contributed by atoms with van der Waals surface area (Å²) in [6, 6.07) is 20.4. The first kappa shape index (κ1) is 29.7. The van der Waals surface area contributed by atoms with E-state index in [9.17, 15) is 0 Å². The lowest BCUT2D eigenvalue weighted by Gasteiger charge is -2.30. The molecule has 0 fully saturated rings. The lowest BCUT2D eigenvalue weighted by molar-refractivity contribution is -0.903. The van der Waals surface area contributed by atoms with Crippen molar-refractivity contribution in [3.63, 3.8) is 0 Å². The normalized spacial score (nSPS) is 11.2. The van der Waals surface area contributed by atoms with Crippen LogP contribution in [0.25, 0.3) is 0 Å². The highest BCUT2D eigenvalue weighted by Crippen LogP contribution is 2.15. The summed E-state index contributed by atoms with van der Waals surface area (Å²) in [6.07, 6.45) is 20.2. The van der Waals surface area contributed by atoms with Gasteiger partial charge >= 0.3 is 0 Å². The SMILES string of the molecule is CCCCCCCCCCCCCCCC[N+](C)(C)Cc1ccccc1.Clc1ccccc1. The molecule has 0 amide bonds. The zero-order valence-electron chi connectivity index (χ0n) is 21.9. The van der Waals surface area contributed by atoms with Crippen molar-refractivity contribution in [3.8, 4) is 0 Å². The van der Waals surface area contributed by atoms with Crippen molar-refractivity contribution in [1.29, 1.82) is 0 Å². The highest BCUT2D eigenvalue weighted by atomic mass is 35.5. The van der Waals surface area contributed by atoms with Gasteiger partial charge in [0, 0.05) is 10.6 Å². The minimum atomic E-state index is 0.794. The molecule has 186 valence electrons. The molecule has 2 rings (SSSR count). The zero-order chi connectivity index (χ0) is 24.0. The summed E-state index contributed by atoms with van der Waals surface area (Å²) in [7, 11) is 4.74. The van der Waals surface area contributed by atoms with Gasteiger partial charge in [-0.25, -0.2) is 0 Å². The predicted molar refractivity (Wildman–Crippen MR) is 149 cm³/mol. The molecular weight excluding hydrogens is 422 g/mol. The third kappa shape index (κ3) is 18.8. The first-order chi connectivity index (χ1) is 16.0. The van der Waals surface area contributed by atoms with Crippen LogP contribution in [-0.2, 0) is 6.54 Å². The van der Waals surface area contributed by atoms with Gasteiger partial charge in [-0.2, -0.15) is 0 Å². The number of halogens is 1. The van der Waals surface area contributed by atoms with Crippen LogP contribution in [0.2, 0.25) is 5.02 Å². The van der Waals surface area contributed by atoms with Crippen molar-refractivity contribution < 1.29 is 4.48 Å². The molecule has 0 heterocycles. The van der Waals surface area contributed by atoms with E-state index in [4.69, 9.17) is 11.6 Å². The first-order valence-electron chi connectivity index (χ1n) is 13.6. The number of rotatable bonds is 17. The van der Waals surface area contributed by atoms with Crippen molar-refractivity contribution in [1.82, 2.24) is 0 Å². The van der Waals surface area contributed by atoms with E-state index >= 15 is 0 Å². The molecule has 0 unspecified atom stereocenters. The molecule has 0 aliphatic rings. The van der Waals surface area contributed by atoms with Crippen molar-refractivity contribution in [3.05, 3.63) is 71.2 Å². The minimum absolute atomic E-state index is 0.794. The fourth-order valence-corrected chi connectivity index (χ4v) is 4.45. The summed E-state index contributed by atoms with van der Waals surface area (Å²) >= 11 is 5.54. The Balaban J connectivity index is 0.000000657. The second kappa shape index (κ2) is 20.1. The van der Waals surface area contributed by atoms with Crippen molar-refractivity contribution in [2.75, 3.05) is 20.6 Å². The van der Waals surface area contributed by atoms with Gasteiger partial charge in [-0.1, -0.05) is 144 Å². The highest BCUT2D eigenvalue weighted by Gasteiger charge is 2.14. The molecule has 0 bridgehead atoms. The Kier molecular flexibility index (Phi) is 18.1. The number of nitrogens with zero attached hydrogens (tertiary/aromatic N) is 1. The van der Waals surface area contributed by atoms with Crippen LogP contribution < -0.4 is 0 Å². The summed E-state index contributed by atoms with van der Waals surface area (Å²) in [6.45, 7) is 4.75. The van der Waals surface area contributed by atoms with E-state index in [0.29, 0.717) is 0 Å². The van der Waals surface area contributed by atoms with Gasteiger partial charge in [0.2, 0.25) is 0 Å². The van der Waals surface area contributed by atoms with Gasteiger partial charge in [0.05, 0.1) is 20.6 Å². The summed E-state index contributed by atoms with van der Waals surface area (Å²) in [4.78, 5) is 0. The molecule has 0 aliphatic heterocycles. The summed E-state index contributed by atoms with van der Waals surface area (Å²) in [5.41, 5.74) is 1.46.